The molecule has 1 saturated heterocycles. The summed E-state index contributed by atoms with van der Waals surface area (Å²) in [5, 5.41) is 0. The Morgan fingerprint density at radius 2 is 1.90 bits per heavy atom. The summed E-state index contributed by atoms with van der Waals surface area (Å²) in [7, 11) is 0. The van der Waals surface area contributed by atoms with E-state index >= 15 is 0 Å². The molecule has 1 rings (SSSR count). The second-order valence-electron chi connectivity index (χ2n) is 2.70. The Bertz CT molecular complexity index is 85.7. The molecule has 1 aliphatic rings. The summed E-state index contributed by atoms with van der Waals surface area (Å²) in [4.78, 5) is 2.89. The second kappa shape index (κ2) is 4.99. The van der Waals surface area contributed by atoms with Crippen LogP contribution in [0.2, 0.25) is 0 Å². The van der Waals surface area contributed by atoms with E-state index in [1.807, 2.05) is 0 Å². The van der Waals surface area contributed by atoms with Crippen molar-refractivity contribution in [3.05, 3.63) is 0 Å². The van der Waals surface area contributed by atoms with Crippen LogP contribution in [0, 0.1) is 0 Å². The molecule has 0 bridgehead atoms. The van der Waals surface area contributed by atoms with Gasteiger partial charge in [0.2, 0.25) is 0 Å². The van der Waals surface area contributed by atoms with E-state index in [4.69, 9.17) is 4.28 Å². The van der Waals surface area contributed by atoms with Crippen LogP contribution in [0.3, 0.4) is 0 Å². The molecule has 10 heavy (non-hydrogen) atoms. The molecule has 0 aliphatic carbocycles. The van der Waals surface area contributed by atoms with E-state index in [1.165, 1.54) is 37.9 Å². The minimum atomic E-state index is -0.121. The maximum absolute atomic E-state index is 4.93. The summed E-state index contributed by atoms with van der Waals surface area (Å²) in [6, 6.07) is 0. The normalized spacial score (nSPS) is 26.7. The molecule has 1 N–H and O–H groups in total. The van der Waals surface area contributed by atoms with Crippen LogP contribution in [0.15, 0.2) is 0 Å². The van der Waals surface area contributed by atoms with Gasteiger partial charge in [-0.3, -0.25) is 0 Å². The van der Waals surface area contributed by atoms with Gasteiger partial charge in [-0.05, 0) is 17.8 Å². The molecule has 0 aromatic carbocycles. The van der Waals surface area contributed by atoms with Crippen molar-refractivity contribution in [1.82, 2.24) is 4.89 Å². The predicted molar refractivity (Wildman–Crippen MR) is 46.8 cm³/mol. The van der Waals surface area contributed by atoms with Gasteiger partial charge in [-0.15, -0.1) is 4.89 Å². The molecule has 0 aromatic heterocycles. The molecule has 1 unspecified atom stereocenters. The lowest BCUT2D eigenvalue weighted by atomic mass is 10.2. The van der Waals surface area contributed by atoms with E-state index in [0.29, 0.717) is 0 Å². The van der Waals surface area contributed by atoms with E-state index in [2.05, 4.69) is 11.8 Å². The average Bonchev–Trinajstić information content (AvgIpc) is 2.71. The van der Waals surface area contributed by atoms with Gasteiger partial charge in [0.15, 0.2) is 0 Å². The number of nitrogens with one attached hydrogen (secondary N) is 1. The summed E-state index contributed by atoms with van der Waals surface area (Å²) < 4.78 is 4.93. The zero-order valence-corrected chi connectivity index (χ0v) is 7.49. The smallest absolute Gasteiger partial charge is 0.0127 e. The van der Waals surface area contributed by atoms with Gasteiger partial charge in [0.1, 0.15) is 0 Å². The van der Waals surface area contributed by atoms with Gasteiger partial charge in [0.25, 0.3) is 0 Å². The standard InChI is InChI=1S/C7H17NOS/c1-2-3-4-5-6-7-10-8-9-10/h8,10H,2-7H2,1H3. The Labute approximate surface area is 66.0 Å². The zero-order chi connectivity index (χ0) is 7.23. The van der Waals surface area contributed by atoms with Gasteiger partial charge in [0.05, 0.1) is 0 Å². The molecule has 0 spiro atoms. The molecule has 3 heteroatoms. The summed E-state index contributed by atoms with van der Waals surface area (Å²) >= 11 is -0.121. The molecule has 62 valence electrons. The maximum atomic E-state index is 4.93. The molecule has 1 heterocycles. The first-order chi connectivity index (χ1) is 4.93. The van der Waals surface area contributed by atoms with Crippen LogP contribution in [-0.2, 0) is 4.28 Å². The van der Waals surface area contributed by atoms with Gasteiger partial charge < -0.3 is 0 Å². The third-order valence-corrected chi connectivity index (χ3v) is 2.85. The zero-order valence-electron chi connectivity index (χ0n) is 6.60. The van der Waals surface area contributed by atoms with Crippen molar-refractivity contribution in [3.8, 4) is 0 Å². The molecule has 1 fully saturated rings. The highest BCUT2D eigenvalue weighted by atomic mass is 32.2. The van der Waals surface area contributed by atoms with Gasteiger partial charge in [-0.2, -0.15) is 0 Å². The van der Waals surface area contributed by atoms with Crippen molar-refractivity contribution in [2.24, 2.45) is 0 Å². The summed E-state index contributed by atoms with van der Waals surface area (Å²) in [5.74, 6) is 1.26. The van der Waals surface area contributed by atoms with Crippen LogP contribution in [-0.4, -0.2) is 5.75 Å². The van der Waals surface area contributed by atoms with Crippen molar-refractivity contribution >= 4 is 11.4 Å². The summed E-state index contributed by atoms with van der Waals surface area (Å²) in [5.41, 5.74) is 0. The number of thiol groups is 1. The SMILES string of the molecule is CCCCCCC[SH]1NO1. The average molecular weight is 163 g/mol. The Balaban J connectivity index is 1.68. The fraction of sp³-hybridized carbons (Fsp3) is 1.00. The Kier molecular flexibility index (Phi) is 4.18. The van der Waals surface area contributed by atoms with Crippen molar-refractivity contribution in [2.75, 3.05) is 5.75 Å². The van der Waals surface area contributed by atoms with Gasteiger partial charge >= 0.3 is 0 Å². The lowest BCUT2D eigenvalue weighted by molar-refractivity contribution is 0.469. The monoisotopic (exact) mass is 163 g/mol. The van der Waals surface area contributed by atoms with Crippen LogP contribution in [0.1, 0.15) is 39.0 Å². The molecule has 1 atom stereocenters. The van der Waals surface area contributed by atoms with Crippen LogP contribution >= 0.6 is 11.4 Å². The minimum absolute atomic E-state index is 0.121. The molecule has 0 amide bonds. The van der Waals surface area contributed by atoms with Crippen molar-refractivity contribution in [3.63, 3.8) is 0 Å². The highest BCUT2D eigenvalue weighted by Gasteiger charge is 2.15. The Morgan fingerprint density at radius 1 is 1.20 bits per heavy atom. The summed E-state index contributed by atoms with van der Waals surface area (Å²) in [6.07, 6.45) is 6.87. The van der Waals surface area contributed by atoms with E-state index in [1.54, 1.807) is 0 Å². The molecular weight excluding hydrogens is 146 g/mol. The second-order valence-corrected chi connectivity index (χ2v) is 4.27. The van der Waals surface area contributed by atoms with Crippen molar-refractivity contribution < 1.29 is 4.28 Å². The molecule has 2 nitrogen and oxygen atoms in total. The van der Waals surface area contributed by atoms with Gasteiger partial charge in [0, 0.05) is 5.75 Å². The quantitative estimate of drug-likeness (QED) is 0.358. The maximum Gasteiger partial charge on any atom is 0.0127 e. The van der Waals surface area contributed by atoms with Crippen LogP contribution in [0.5, 0.6) is 0 Å². The summed E-state index contributed by atoms with van der Waals surface area (Å²) in [6.45, 7) is 2.25. The van der Waals surface area contributed by atoms with E-state index in [0.717, 1.165) is 0 Å². The third kappa shape index (κ3) is 4.14. The topological polar surface area (TPSA) is 34.5 Å². The lowest BCUT2D eigenvalue weighted by Gasteiger charge is -1.96. The molecule has 1 aliphatic heterocycles. The number of hydrogen-bond donors (Lipinski definition) is 2. The fourth-order valence-electron chi connectivity index (χ4n) is 0.979. The van der Waals surface area contributed by atoms with E-state index < -0.39 is 0 Å². The largest absolute Gasteiger partial charge is 0.230 e. The fourth-order valence-corrected chi connectivity index (χ4v) is 1.90. The van der Waals surface area contributed by atoms with Gasteiger partial charge in [-0.25, -0.2) is 4.28 Å². The Hall–Kier alpha value is 0.270. The minimum Gasteiger partial charge on any atom is -0.230 e. The number of unbranched alkanes of at least 4 members (excludes halogenated alkanes) is 4. The van der Waals surface area contributed by atoms with Gasteiger partial charge in [-0.1, -0.05) is 32.6 Å². The highest BCUT2D eigenvalue weighted by molar-refractivity contribution is 8.15. The predicted octanol–water partition coefficient (Wildman–Crippen LogP) is 2.32. The lowest BCUT2D eigenvalue weighted by Crippen LogP contribution is -1.81. The molecule has 0 aromatic rings. The molecule has 0 radical (unpaired) electrons. The molecule has 0 saturated carbocycles. The van der Waals surface area contributed by atoms with E-state index in [-0.39, 0.29) is 11.4 Å². The van der Waals surface area contributed by atoms with E-state index in [9.17, 15) is 0 Å². The van der Waals surface area contributed by atoms with Crippen molar-refractivity contribution in [2.45, 2.75) is 39.0 Å². The highest BCUT2D eigenvalue weighted by Crippen LogP contribution is 2.35. The Morgan fingerprint density at radius 3 is 2.50 bits per heavy atom. The number of rotatable bonds is 6. The number of hydrogen-bond acceptors (Lipinski definition) is 2. The first-order valence-corrected chi connectivity index (χ1v) is 5.58. The third-order valence-electron chi connectivity index (χ3n) is 1.69. The van der Waals surface area contributed by atoms with Crippen molar-refractivity contribution in [1.29, 1.82) is 0 Å². The first-order valence-electron chi connectivity index (χ1n) is 4.13. The van der Waals surface area contributed by atoms with Crippen LogP contribution < -0.4 is 4.89 Å². The first kappa shape index (κ1) is 8.37. The van der Waals surface area contributed by atoms with Crippen LogP contribution in [0.25, 0.3) is 0 Å². The van der Waals surface area contributed by atoms with Crippen LogP contribution in [0.4, 0.5) is 0 Å². The molecular formula is C7H17NOS.